The van der Waals surface area contributed by atoms with Gasteiger partial charge >= 0.3 is 0 Å². The van der Waals surface area contributed by atoms with E-state index in [1.165, 1.54) is 11.1 Å². The van der Waals surface area contributed by atoms with Crippen LogP contribution in [0.15, 0.2) is 48.5 Å². The van der Waals surface area contributed by atoms with E-state index >= 15 is 0 Å². The first-order chi connectivity index (χ1) is 12.3. The van der Waals surface area contributed by atoms with Crippen molar-refractivity contribution < 1.29 is 9.47 Å². The van der Waals surface area contributed by atoms with Crippen LogP contribution >= 0.6 is 0 Å². The van der Waals surface area contributed by atoms with E-state index in [1.54, 1.807) is 7.11 Å². The highest BCUT2D eigenvalue weighted by molar-refractivity contribution is 5.39. The number of rotatable bonds is 6. The quantitative estimate of drug-likeness (QED) is 0.873. The standard InChI is InChI=1S/C21H28N2O2/c1-3-25-20-7-4-6-18(16-20)21(23-14-5-12-22-13-15-23)17-8-10-19(24-2)11-9-17/h4,6-11,16,21-22H,3,5,12-15H2,1-2H3. The van der Waals surface area contributed by atoms with Crippen LogP contribution in [0, 0.1) is 0 Å². The molecule has 2 aromatic rings. The molecule has 1 atom stereocenters. The molecule has 0 saturated carbocycles. The maximum Gasteiger partial charge on any atom is 0.119 e. The van der Waals surface area contributed by atoms with Crippen LogP contribution < -0.4 is 14.8 Å². The summed E-state index contributed by atoms with van der Waals surface area (Å²) in [4.78, 5) is 2.56. The highest BCUT2D eigenvalue weighted by atomic mass is 16.5. The van der Waals surface area contributed by atoms with Crippen molar-refractivity contribution in [2.75, 3.05) is 39.9 Å². The van der Waals surface area contributed by atoms with Gasteiger partial charge in [-0.05, 0) is 55.3 Å². The Morgan fingerprint density at radius 3 is 2.60 bits per heavy atom. The highest BCUT2D eigenvalue weighted by Gasteiger charge is 2.23. The van der Waals surface area contributed by atoms with Gasteiger partial charge in [0, 0.05) is 19.6 Å². The zero-order valence-electron chi connectivity index (χ0n) is 15.2. The van der Waals surface area contributed by atoms with E-state index in [1.807, 2.05) is 25.1 Å². The van der Waals surface area contributed by atoms with Crippen LogP contribution in [0.5, 0.6) is 11.5 Å². The van der Waals surface area contributed by atoms with E-state index in [2.05, 4.69) is 40.5 Å². The molecule has 1 aliphatic rings. The van der Waals surface area contributed by atoms with Gasteiger partial charge in [0.2, 0.25) is 0 Å². The number of hydrogen-bond donors (Lipinski definition) is 1. The highest BCUT2D eigenvalue weighted by Crippen LogP contribution is 2.32. The van der Waals surface area contributed by atoms with Crippen LogP contribution in [-0.4, -0.2) is 44.8 Å². The fraction of sp³-hybridized carbons (Fsp3) is 0.429. The van der Waals surface area contributed by atoms with Crippen LogP contribution in [0.4, 0.5) is 0 Å². The lowest BCUT2D eigenvalue weighted by molar-refractivity contribution is 0.240. The van der Waals surface area contributed by atoms with E-state index in [-0.39, 0.29) is 6.04 Å². The number of hydrogen-bond acceptors (Lipinski definition) is 4. The molecule has 1 heterocycles. The van der Waals surface area contributed by atoms with Crippen LogP contribution in [0.25, 0.3) is 0 Å². The normalized spacial score (nSPS) is 16.9. The fourth-order valence-corrected chi connectivity index (χ4v) is 3.47. The van der Waals surface area contributed by atoms with Crippen molar-refractivity contribution in [3.8, 4) is 11.5 Å². The molecule has 0 radical (unpaired) electrons. The zero-order valence-corrected chi connectivity index (χ0v) is 15.2. The number of benzene rings is 2. The fourth-order valence-electron chi connectivity index (χ4n) is 3.47. The topological polar surface area (TPSA) is 33.7 Å². The summed E-state index contributed by atoms with van der Waals surface area (Å²) in [5.41, 5.74) is 2.56. The minimum atomic E-state index is 0.228. The number of methoxy groups -OCH3 is 1. The molecule has 134 valence electrons. The third-order valence-electron chi connectivity index (χ3n) is 4.66. The van der Waals surface area contributed by atoms with Crippen molar-refractivity contribution in [2.45, 2.75) is 19.4 Å². The van der Waals surface area contributed by atoms with Crippen LogP contribution in [0.2, 0.25) is 0 Å². The van der Waals surface area contributed by atoms with Gasteiger partial charge in [-0.3, -0.25) is 4.90 Å². The summed E-state index contributed by atoms with van der Waals surface area (Å²) in [6.45, 7) is 6.94. The van der Waals surface area contributed by atoms with Gasteiger partial charge in [-0.1, -0.05) is 24.3 Å². The Balaban J connectivity index is 1.96. The average molecular weight is 340 g/mol. The summed E-state index contributed by atoms with van der Waals surface area (Å²) in [5, 5.41) is 3.50. The Labute approximate surface area is 150 Å². The van der Waals surface area contributed by atoms with Crippen molar-refractivity contribution in [1.29, 1.82) is 0 Å². The molecule has 1 unspecified atom stereocenters. The van der Waals surface area contributed by atoms with E-state index < -0.39 is 0 Å². The molecule has 4 nitrogen and oxygen atoms in total. The Morgan fingerprint density at radius 1 is 1.00 bits per heavy atom. The molecule has 0 bridgehead atoms. The van der Waals surface area contributed by atoms with Crippen molar-refractivity contribution in [1.82, 2.24) is 10.2 Å². The molecule has 1 saturated heterocycles. The largest absolute Gasteiger partial charge is 0.497 e. The van der Waals surface area contributed by atoms with Gasteiger partial charge in [0.1, 0.15) is 11.5 Å². The van der Waals surface area contributed by atoms with Crippen LogP contribution in [0.3, 0.4) is 0 Å². The van der Waals surface area contributed by atoms with Gasteiger partial charge in [-0.15, -0.1) is 0 Å². The summed E-state index contributed by atoms with van der Waals surface area (Å²) in [5.74, 6) is 1.83. The van der Waals surface area contributed by atoms with E-state index in [9.17, 15) is 0 Å². The molecule has 1 N–H and O–H groups in total. The van der Waals surface area contributed by atoms with Gasteiger partial charge < -0.3 is 14.8 Å². The second-order valence-corrected chi connectivity index (χ2v) is 6.32. The third-order valence-corrected chi connectivity index (χ3v) is 4.66. The summed E-state index contributed by atoms with van der Waals surface area (Å²) >= 11 is 0. The smallest absolute Gasteiger partial charge is 0.119 e. The lowest BCUT2D eigenvalue weighted by atomic mass is 9.96. The first-order valence-electron chi connectivity index (χ1n) is 9.13. The molecule has 4 heteroatoms. The molecule has 0 amide bonds. The lowest BCUT2D eigenvalue weighted by Crippen LogP contribution is -2.33. The first-order valence-corrected chi connectivity index (χ1v) is 9.13. The van der Waals surface area contributed by atoms with Gasteiger partial charge in [0.25, 0.3) is 0 Å². The Hall–Kier alpha value is -2.04. The SMILES string of the molecule is CCOc1cccc(C(c2ccc(OC)cc2)N2CCCNCC2)c1. The van der Waals surface area contributed by atoms with Gasteiger partial charge in [-0.25, -0.2) is 0 Å². The maximum absolute atomic E-state index is 5.73. The number of nitrogens with one attached hydrogen (secondary N) is 1. The van der Waals surface area contributed by atoms with Gasteiger partial charge in [0.15, 0.2) is 0 Å². The van der Waals surface area contributed by atoms with Crippen molar-refractivity contribution in [2.24, 2.45) is 0 Å². The second-order valence-electron chi connectivity index (χ2n) is 6.32. The minimum absolute atomic E-state index is 0.228. The maximum atomic E-state index is 5.73. The molecule has 0 spiro atoms. The van der Waals surface area contributed by atoms with Crippen molar-refractivity contribution >= 4 is 0 Å². The second kappa shape index (κ2) is 8.88. The monoisotopic (exact) mass is 340 g/mol. The predicted octanol–water partition coefficient (Wildman–Crippen LogP) is 3.48. The molecule has 1 aliphatic heterocycles. The van der Waals surface area contributed by atoms with E-state index in [4.69, 9.17) is 9.47 Å². The molecule has 1 fully saturated rings. The third kappa shape index (κ3) is 4.53. The summed E-state index contributed by atoms with van der Waals surface area (Å²) < 4.78 is 11.1. The molecule has 0 aliphatic carbocycles. The van der Waals surface area contributed by atoms with E-state index in [0.29, 0.717) is 6.61 Å². The van der Waals surface area contributed by atoms with Gasteiger partial charge in [0.05, 0.1) is 19.8 Å². The van der Waals surface area contributed by atoms with Crippen LogP contribution in [0.1, 0.15) is 30.5 Å². The van der Waals surface area contributed by atoms with Crippen molar-refractivity contribution in [3.05, 3.63) is 59.7 Å². The number of nitrogens with zero attached hydrogens (tertiary/aromatic N) is 1. The van der Waals surface area contributed by atoms with Crippen molar-refractivity contribution in [3.63, 3.8) is 0 Å². The molecule has 2 aromatic carbocycles. The van der Waals surface area contributed by atoms with E-state index in [0.717, 1.165) is 44.1 Å². The summed E-state index contributed by atoms with van der Waals surface area (Å²) in [6, 6.07) is 17.2. The molecular weight excluding hydrogens is 312 g/mol. The summed E-state index contributed by atoms with van der Waals surface area (Å²) in [6.07, 6.45) is 1.16. The zero-order chi connectivity index (χ0) is 17.5. The molecular formula is C21H28N2O2. The minimum Gasteiger partial charge on any atom is -0.497 e. The summed E-state index contributed by atoms with van der Waals surface area (Å²) in [7, 11) is 1.71. The number of ether oxygens (including phenoxy) is 2. The predicted molar refractivity (Wildman–Crippen MR) is 102 cm³/mol. The molecule has 25 heavy (non-hydrogen) atoms. The molecule has 3 rings (SSSR count). The molecule has 0 aromatic heterocycles. The average Bonchev–Trinajstić information content (AvgIpc) is 2.93. The lowest BCUT2D eigenvalue weighted by Gasteiger charge is -2.31. The Morgan fingerprint density at radius 2 is 1.84 bits per heavy atom. The van der Waals surface area contributed by atoms with Crippen LogP contribution in [-0.2, 0) is 0 Å². The Kier molecular flexibility index (Phi) is 6.31. The Bertz CT molecular complexity index is 649. The van der Waals surface area contributed by atoms with Gasteiger partial charge in [-0.2, -0.15) is 0 Å². The first kappa shape index (κ1) is 17.8.